The lowest BCUT2D eigenvalue weighted by molar-refractivity contribution is -0.135. The molecule has 17 heavy (non-hydrogen) atoms. The molecule has 0 saturated carbocycles. The normalized spacial score (nSPS) is 15.0. The molecular weight excluding hydrogens is 227 g/mol. The number of benzene rings is 1. The Bertz CT molecular complexity index is 513. The number of carboxylic acid groups (broad SMARTS) is 1. The molecule has 2 rings (SSSR count). The van der Waals surface area contributed by atoms with E-state index >= 15 is 0 Å². The molecule has 1 aliphatic rings. The standard InChI is InChI=1S/C11H9FN2O3/c12-7-2-1-3-9(4-7)14-10(15)5-8(13-14)6-11(16)17/h1-4H,5-6H2,(H,16,17). The van der Waals surface area contributed by atoms with Gasteiger partial charge in [0.05, 0.1) is 24.2 Å². The van der Waals surface area contributed by atoms with Gasteiger partial charge in [-0.2, -0.15) is 5.10 Å². The van der Waals surface area contributed by atoms with Gasteiger partial charge in [0, 0.05) is 0 Å². The van der Waals surface area contributed by atoms with Gasteiger partial charge >= 0.3 is 5.97 Å². The molecule has 0 aromatic heterocycles. The number of carbonyl (C=O) groups is 2. The number of amides is 1. The van der Waals surface area contributed by atoms with Gasteiger partial charge in [-0.1, -0.05) is 6.07 Å². The van der Waals surface area contributed by atoms with E-state index in [0.717, 1.165) is 5.01 Å². The number of rotatable bonds is 3. The summed E-state index contributed by atoms with van der Waals surface area (Å²) in [6.45, 7) is 0. The molecule has 0 fully saturated rings. The molecule has 0 bridgehead atoms. The van der Waals surface area contributed by atoms with Crippen LogP contribution in [0, 0.1) is 5.82 Å². The number of aliphatic carboxylic acids is 1. The van der Waals surface area contributed by atoms with E-state index in [9.17, 15) is 14.0 Å². The van der Waals surface area contributed by atoms with Crippen molar-refractivity contribution in [3.63, 3.8) is 0 Å². The van der Waals surface area contributed by atoms with Gasteiger partial charge in [-0.15, -0.1) is 0 Å². The molecule has 0 spiro atoms. The first-order valence-corrected chi connectivity index (χ1v) is 4.93. The maximum atomic E-state index is 13.0. The second kappa shape index (κ2) is 4.32. The third-order valence-corrected chi connectivity index (χ3v) is 2.24. The highest BCUT2D eigenvalue weighted by Gasteiger charge is 2.26. The Kier molecular flexibility index (Phi) is 2.86. The fourth-order valence-electron chi connectivity index (χ4n) is 1.56. The van der Waals surface area contributed by atoms with Crippen molar-refractivity contribution in [2.24, 2.45) is 5.10 Å². The van der Waals surface area contributed by atoms with Crippen molar-refractivity contribution < 1.29 is 19.1 Å². The molecule has 88 valence electrons. The molecular formula is C11H9FN2O3. The molecule has 6 heteroatoms. The van der Waals surface area contributed by atoms with E-state index in [1.54, 1.807) is 0 Å². The number of hydrogen-bond acceptors (Lipinski definition) is 3. The number of carbonyl (C=O) groups excluding carboxylic acids is 1. The number of halogens is 1. The first-order chi connectivity index (χ1) is 8.06. The SMILES string of the molecule is O=C(O)CC1=NN(c2cccc(F)c2)C(=O)C1. The second-order valence-corrected chi connectivity index (χ2v) is 3.60. The monoisotopic (exact) mass is 236 g/mol. The van der Waals surface area contributed by atoms with Crippen molar-refractivity contribution in [1.82, 2.24) is 0 Å². The largest absolute Gasteiger partial charge is 0.481 e. The summed E-state index contributed by atoms with van der Waals surface area (Å²) in [5.74, 6) is -1.87. The van der Waals surface area contributed by atoms with Crippen molar-refractivity contribution >= 4 is 23.3 Å². The Morgan fingerprint density at radius 1 is 1.53 bits per heavy atom. The molecule has 0 saturated heterocycles. The molecule has 1 aromatic carbocycles. The van der Waals surface area contributed by atoms with Crippen LogP contribution in [0.25, 0.3) is 0 Å². The summed E-state index contributed by atoms with van der Waals surface area (Å²) in [6, 6.07) is 5.42. The van der Waals surface area contributed by atoms with Crippen molar-refractivity contribution in [3.05, 3.63) is 30.1 Å². The molecule has 0 atom stereocenters. The topological polar surface area (TPSA) is 70.0 Å². The lowest BCUT2D eigenvalue weighted by atomic mass is 10.2. The smallest absolute Gasteiger partial charge is 0.309 e. The van der Waals surface area contributed by atoms with Gasteiger partial charge in [0.25, 0.3) is 5.91 Å². The minimum atomic E-state index is -1.04. The molecule has 1 aromatic rings. The van der Waals surface area contributed by atoms with Crippen molar-refractivity contribution in [1.29, 1.82) is 0 Å². The van der Waals surface area contributed by atoms with E-state index in [4.69, 9.17) is 5.11 Å². The first kappa shape index (κ1) is 11.3. The number of anilines is 1. The number of carboxylic acids is 1. The van der Waals surface area contributed by atoms with Crippen LogP contribution in [-0.4, -0.2) is 22.7 Å². The molecule has 1 N–H and O–H groups in total. The Labute approximate surface area is 96.2 Å². The van der Waals surface area contributed by atoms with Gasteiger partial charge in [-0.05, 0) is 18.2 Å². The molecule has 0 aliphatic carbocycles. The van der Waals surface area contributed by atoms with Gasteiger partial charge in [0.15, 0.2) is 0 Å². The Hall–Kier alpha value is -2.24. The summed E-state index contributed by atoms with van der Waals surface area (Å²) in [5.41, 5.74) is 0.571. The molecule has 1 heterocycles. The van der Waals surface area contributed by atoms with Crippen molar-refractivity contribution in [2.45, 2.75) is 12.8 Å². The number of hydrogen-bond donors (Lipinski definition) is 1. The average Bonchev–Trinajstić information content (AvgIpc) is 2.58. The van der Waals surface area contributed by atoms with Gasteiger partial charge < -0.3 is 5.11 Å². The maximum absolute atomic E-state index is 13.0. The minimum Gasteiger partial charge on any atom is -0.481 e. The van der Waals surface area contributed by atoms with Crippen LogP contribution in [0.5, 0.6) is 0 Å². The maximum Gasteiger partial charge on any atom is 0.309 e. The van der Waals surface area contributed by atoms with Crippen molar-refractivity contribution in [2.75, 3.05) is 5.01 Å². The predicted octanol–water partition coefficient (Wildman–Crippen LogP) is 1.39. The van der Waals surface area contributed by atoms with E-state index in [1.165, 1.54) is 24.3 Å². The molecule has 1 amide bonds. The van der Waals surface area contributed by atoms with E-state index in [-0.39, 0.29) is 24.5 Å². The van der Waals surface area contributed by atoms with E-state index < -0.39 is 11.8 Å². The fourth-order valence-corrected chi connectivity index (χ4v) is 1.56. The highest BCUT2D eigenvalue weighted by Crippen LogP contribution is 2.21. The lowest BCUT2D eigenvalue weighted by Crippen LogP contribution is -2.19. The van der Waals surface area contributed by atoms with Crippen LogP contribution in [0.3, 0.4) is 0 Å². The Morgan fingerprint density at radius 3 is 2.94 bits per heavy atom. The third kappa shape index (κ3) is 2.47. The van der Waals surface area contributed by atoms with E-state index in [2.05, 4.69) is 5.10 Å². The Balaban J connectivity index is 2.24. The van der Waals surface area contributed by atoms with Gasteiger partial charge in [-0.25, -0.2) is 9.40 Å². The van der Waals surface area contributed by atoms with Crippen LogP contribution in [0.1, 0.15) is 12.8 Å². The van der Waals surface area contributed by atoms with Crippen LogP contribution >= 0.6 is 0 Å². The van der Waals surface area contributed by atoms with Crippen LogP contribution < -0.4 is 5.01 Å². The Morgan fingerprint density at radius 2 is 2.29 bits per heavy atom. The highest BCUT2D eigenvalue weighted by molar-refractivity contribution is 6.16. The molecule has 1 aliphatic heterocycles. The summed E-state index contributed by atoms with van der Waals surface area (Å²) in [5, 5.41) is 13.5. The van der Waals surface area contributed by atoms with E-state index in [1.807, 2.05) is 0 Å². The zero-order valence-corrected chi connectivity index (χ0v) is 8.76. The van der Waals surface area contributed by atoms with Gasteiger partial charge in [-0.3, -0.25) is 9.59 Å². The zero-order valence-electron chi connectivity index (χ0n) is 8.76. The van der Waals surface area contributed by atoms with Crippen molar-refractivity contribution in [3.8, 4) is 0 Å². The molecule has 5 nitrogen and oxygen atoms in total. The van der Waals surface area contributed by atoms with Gasteiger partial charge in [0.1, 0.15) is 5.82 Å². The number of hydrazone groups is 1. The second-order valence-electron chi connectivity index (χ2n) is 3.60. The molecule has 0 unspecified atom stereocenters. The summed E-state index contributed by atoms with van der Waals surface area (Å²) in [7, 11) is 0. The lowest BCUT2D eigenvalue weighted by Gasteiger charge is -2.10. The fraction of sp³-hybridized carbons (Fsp3) is 0.182. The average molecular weight is 236 g/mol. The summed E-state index contributed by atoms with van der Waals surface area (Å²) < 4.78 is 13.0. The number of nitrogens with zero attached hydrogens (tertiary/aromatic N) is 2. The molecule has 0 radical (unpaired) electrons. The minimum absolute atomic E-state index is 0.0389. The third-order valence-electron chi connectivity index (χ3n) is 2.24. The first-order valence-electron chi connectivity index (χ1n) is 4.93. The van der Waals surface area contributed by atoms with Crippen LogP contribution in [0.4, 0.5) is 10.1 Å². The van der Waals surface area contributed by atoms with Crippen LogP contribution in [0.15, 0.2) is 29.4 Å². The van der Waals surface area contributed by atoms with Gasteiger partial charge in [0.2, 0.25) is 0 Å². The highest BCUT2D eigenvalue weighted by atomic mass is 19.1. The predicted molar refractivity (Wildman–Crippen MR) is 58.2 cm³/mol. The van der Waals surface area contributed by atoms with E-state index in [0.29, 0.717) is 5.69 Å². The van der Waals surface area contributed by atoms with Crippen LogP contribution in [0.2, 0.25) is 0 Å². The zero-order chi connectivity index (χ0) is 12.4. The van der Waals surface area contributed by atoms with Crippen LogP contribution in [-0.2, 0) is 9.59 Å². The summed E-state index contributed by atoms with van der Waals surface area (Å²) in [6.07, 6.45) is -0.319. The quantitative estimate of drug-likeness (QED) is 0.862. The summed E-state index contributed by atoms with van der Waals surface area (Å²) >= 11 is 0. The summed E-state index contributed by atoms with van der Waals surface area (Å²) in [4.78, 5) is 22.1.